The molecule has 1 aliphatic carbocycles. The lowest BCUT2D eigenvalue weighted by molar-refractivity contribution is -0.120. The van der Waals surface area contributed by atoms with Crippen molar-refractivity contribution in [3.63, 3.8) is 0 Å². The lowest BCUT2D eigenvalue weighted by atomic mass is 10.0. The van der Waals surface area contributed by atoms with Crippen LogP contribution in [0, 0.1) is 22.6 Å². The second kappa shape index (κ2) is 4.16. The Morgan fingerprint density at radius 1 is 1.28 bits per heavy atom. The van der Waals surface area contributed by atoms with Gasteiger partial charge in [-0.1, -0.05) is 43.6 Å². The quantitative estimate of drug-likeness (QED) is 0.809. The summed E-state index contributed by atoms with van der Waals surface area (Å²) in [6.07, 6.45) is 0.183. The first-order valence-corrected chi connectivity index (χ1v) is 6.94. The number of benzene rings is 1. The third-order valence-electron chi connectivity index (χ3n) is 4.72. The van der Waals surface area contributed by atoms with E-state index in [-0.39, 0.29) is 34.8 Å². The van der Waals surface area contributed by atoms with Crippen LogP contribution < -0.4 is 0 Å². The first-order chi connectivity index (χ1) is 8.18. The highest BCUT2D eigenvalue weighted by molar-refractivity contribution is 9.10. The minimum atomic E-state index is -0.303. The van der Waals surface area contributed by atoms with Crippen LogP contribution in [0.15, 0.2) is 22.7 Å². The van der Waals surface area contributed by atoms with Gasteiger partial charge in [0.05, 0.1) is 0 Å². The van der Waals surface area contributed by atoms with Gasteiger partial charge in [0.25, 0.3) is 0 Å². The van der Waals surface area contributed by atoms with E-state index in [9.17, 15) is 9.18 Å². The molecule has 0 spiro atoms. The summed E-state index contributed by atoms with van der Waals surface area (Å²) < 4.78 is 14.4. The number of ketones is 1. The minimum Gasteiger partial charge on any atom is -0.299 e. The lowest BCUT2D eigenvalue weighted by Gasteiger charge is -2.05. The van der Waals surface area contributed by atoms with E-state index in [1.165, 1.54) is 6.07 Å². The summed E-state index contributed by atoms with van der Waals surface area (Å²) in [5, 5.41) is 0. The molecular weight excluding hydrogens is 295 g/mol. The van der Waals surface area contributed by atoms with Gasteiger partial charge >= 0.3 is 0 Å². The van der Waals surface area contributed by atoms with E-state index in [4.69, 9.17) is 0 Å². The fraction of sp³-hybridized carbons (Fsp3) is 0.533. The van der Waals surface area contributed by atoms with E-state index in [1.807, 2.05) is 0 Å². The fourth-order valence-electron chi connectivity index (χ4n) is 2.97. The molecule has 0 aliphatic heterocycles. The number of hydrogen-bond donors (Lipinski definition) is 0. The molecule has 1 saturated carbocycles. The Kier molecular flexibility index (Phi) is 3.17. The Morgan fingerprint density at radius 3 is 2.33 bits per heavy atom. The van der Waals surface area contributed by atoms with Crippen molar-refractivity contribution in [1.29, 1.82) is 0 Å². The molecule has 0 heterocycles. The third kappa shape index (κ3) is 2.03. The molecule has 1 aromatic rings. The minimum absolute atomic E-state index is 0.0204. The van der Waals surface area contributed by atoms with Crippen molar-refractivity contribution in [2.24, 2.45) is 16.7 Å². The van der Waals surface area contributed by atoms with E-state index in [1.54, 1.807) is 12.1 Å². The van der Waals surface area contributed by atoms with Crippen molar-refractivity contribution in [3.05, 3.63) is 34.1 Å². The van der Waals surface area contributed by atoms with Crippen LogP contribution in [-0.4, -0.2) is 5.78 Å². The first-order valence-electron chi connectivity index (χ1n) is 6.14. The molecule has 98 valence electrons. The number of halogens is 2. The van der Waals surface area contributed by atoms with Crippen LogP contribution in [-0.2, 0) is 11.2 Å². The molecule has 3 heteroatoms. The smallest absolute Gasteiger partial charge is 0.141 e. The third-order valence-corrected chi connectivity index (χ3v) is 5.21. The predicted molar refractivity (Wildman–Crippen MR) is 73.9 cm³/mol. The summed E-state index contributed by atoms with van der Waals surface area (Å²) in [4.78, 5) is 12.3. The summed E-state index contributed by atoms with van der Waals surface area (Å²) in [5.74, 6) is -0.131. The Hall–Kier alpha value is -0.700. The standard InChI is InChI=1S/C15H18BrFO/c1-14(2)13(15(14,3)4)12(18)8-9-7-10(16)5-6-11(9)17/h5-7,13H,8H2,1-4H3. The second-order valence-electron chi connectivity index (χ2n) is 6.26. The summed E-state index contributed by atoms with van der Waals surface area (Å²) in [6.45, 7) is 8.42. The van der Waals surface area contributed by atoms with Crippen LogP contribution in [0.1, 0.15) is 33.3 Å². The zero-order valence-electron chi connectivity index (χ0n) is 11.2. The lowest BCUT2D eigenvalue weighted by Crippen LogP contribution is -2.11. The van der Waals surface area contributed by atoms with Crippen molar-refractivity contribution < 1.29 is 9.18 Å². The van der Waals surface area contributed by atoms with Crippen LogP contribution in [0.2, 0.25) is 0 Å². The predicted octanol–water partition coefficient (Wildman–Crippen LogP) is 4.38. The van der Waals surface area contributed by atoms with Gasteiger partial charge in [-0.15, -0.1) is 0 Å². The highest BCUT2D eigenvalue weighted by Crippen LogP contribution is 2.68. The van der Waals surface area contributed by atoms with Crippen LogP contribution in [0.25, 0.3) is 0 Å². The molecule has 2 rings (SSSR count). The van der Waals surface area contributed by atoms with Crippen LogP contribution in [0.4, 0.5) is 4.39 Å². The van der Waals surface area contributed by atoms with Crippen LogP contribution in [0.5, 0.6) is 0 Å². The van der Waals surface area contributed by atoms with Crippen molar-refractivity contribution in [2.45, 2.75) is 34.1 Å². The Morgan fingerprint density at radius 2 is 1.83 bits per heavy atom. The molecule has 1 fully saturated rings. The van der Waals surface area contributed by atoms with Gasteiger partial charge in [-0.2, -0.15) is 0 Å². The molecule has 0 aromatic heterocycles. The molecule has 0 amide bonds. The second-order valence-corrected chi connectivity index (χ2v) is 7.17. The maximum Gasteiger partial charge on any atom is 0.141 e. The van der Waals surface area contributed by atoms with Crippen LogP contribution in [0.3, 0.4) is 0 Å². The van der Waals surface area contributed by atoms with Gasteiger partial charge < -0.3 is 0 Å². The zero-order chi connectivity index (χ0) is 13.7. The molecule has 1 aliphatic rings. The molecule has 0 saturated heterocycles. The Bertz CT molecular complexity index is 491. The number of Topliss-reactive ketones (excluding diaryl/α,β-unsaturated/α-hetero) is 1. The molecule has 0 atom stereocenters. The Balaban J connectivity index is 2.17. The first kappa shape index (κ1) is 13.7. The number of rotatable bonds is 3. The topological polar surface area (TPSA) is 17.1 Å². The average Bonchev–Trinajstić information content (AvgIpc) is 2.63. The summed E-state index contributed by atoms with van der Waals surface area (Å²) in [7, 11) is 0. The monoisotopic (exact) mass is 312 g/mol. The number of hydrogen-bond acceptors (Lipinski definition) is 1. The van der Waals surface area contributed by atoms with E-state index in [0.29, 0.717) is 5.56 Å². The summed E-state index contributed by atoms with van der Waals surface area (Å²) in [5.41, 5.74) is 0.520. The fourth-order valence-corrected chi connectivity index (χ4v) is 3.38. The SMILES string of the molecule is CC1(C)C(C(=O)Cc2cc(Br)ccc2F)C1(C)C. The zero-order valence-corrected chi connectivity index (χ0v) is 12.8. The van der Waals surface area contributed by atoms with Gasteiger partial charge in [-0.3, -0.25) is 4.79 Å². The molecule has 18 heavy (non-hydrogen) atoms. The average molecular weight is 313 g/mol. The maximum atomic E-state index is 13.6. The highest BCUT2D eigenvalue weighted by atomic mass is 79.9. The molecule has 0 unspecified atom stereocenters. The molecule has 1 aromatic carbocycles. The number of carbonyl (C=O) groups is 1. The maximum absolute atomic E-state index is 13.6. The van der Waals surface area contributed by atoms with Crippen molar-refractivity contribution in [3.8, 4) is 0 Å². The van der Waals surface area contributed by atoms with Crippen molar-refractivity contribution in [2.75, 3.05) is 0 Å². The van der Waals surface area contributed by atoms with E-state index in [2.05, 4.69) is 43.6 Å². The van der Waals surface area contributed by atoms with E-state index < -0.39 is 0 Å². The largest absolute Gasteiger partial charge is 0.299 e. The highest BCUT2D eigenvalue weighted by Gasteiger charge is 2.67. The van der Waals surface area contributed by atoms with Crippen molar-refractivity contribution in [1.82, 2.24) is 0 Å². The normalized spacial score (nSPS) is 20.8. The van der Waals surface area contributed by atoms with Gasteiger partial charge in [-0.05, 0) is 34.6 Å². The van der Waals surface area contributed by atoms with Crippen molar-refractivity contribution >= 4 is 21.7 Å². The van der Waals surface area contributed by atoms with Gasteiger partial charge in [-0.25, -0.2) is 4.39 Å². The van der Waals surface area contributed by atoms with E-state index in [0.717, 1.165) is 4.47 Å². The molecule has 1 nitrogen and oxygen atoms in total. The molecule has 0 N–H and O–H groups in total. The van der Waals surface area contributed by atoms with Gasteiger partial charge in [0.1, 0.15) is 11.6 Å². The number of carbonyl (C=O) groups excluding carboxylic acids is 1. The van der Waals surface area contributed by atoms with Crippen LogP contribution >= 0.6 is 15.9 Å². The molecule has 0 bridgehead atoms. The van der Waals surface area contributed by atoms with Gasteiger partial charge in [0.15, 0.2) is 0 Å². The summed E-state index contributed by atoms with van der Waals surface area (Å²) in [6, 6.07) is 4.74. The summed E-state index contributed by atoms with van der Waals surface area (Å²) >= 11 is 3.31. The van der Waals surface area contributed by atoms with E-state index >= 15 is 0 Å². The Labute approximate surface area is 116 Å². The van der Waals surface area contributed by atoms with Gasteiger partial charge in [0, 0.05) is 16.8 Å². The molecule has 0 radical (unpaired) electrons. The van der Waals surface area contributed by atoms with Gasteiger partial charge in [0.2, 0.25) is 0 Å². The molecular formula is C15H18BrFO.